The minimum absolute atomic E-state index is 0.0715. The predicted octanol–water partition coefficient (Wildman–Crippen LogP) is 3.51. The van der Waals surface area contributed by atoms with Crippen LogP contribution in [0.1, 0.15) is 29.0 Å². The zero-order valence-corrected chi connectivity index (χ0v) is 21.2. The fourth-order valence-electron chi connectivity index (χ4n) is 3.62. The number of nitrogens with one attached hydrogen (secondary N) is 2. The van der Waals surface area contributed by atoms with Crippen LogP contribution in [-0.2, 0) is 7.05 Å². The van der Waals surface area contributed by atoms with E-state index in [9.17, 15) is 9.18 Å². The standard InChI is InChI=1S/C15H16N4OS.C8H10FN3.CH5N/c1-9-14(7-13(19(9)3)15(20)16-2)21-11-4-5-12-10(6-11)8-17-18-12;9-7-5-10-8(11-6-7)12-3-1-2-4-12;1-2/h4-8H,1-3H3,(H,16,20)(H,17,18);5-6H,1-4H2;2H2,1H3. The molecule has 9 nitrogen and oxygen atoms in total. The number of fused-ring (bicyclic) bond motifs is 1. The number of hydrogen-bond acceptors (Lipinski definition) is 7. The fraction of sp³-hybridized carbons (Fsp3) is 0.333. The number of aromatic amines is 1. The lowest BCUT2D eigenvalue weighted by Crippen LogP contribution is -2.20. The Morgan fingerprint density at radius 3 is 2.49 bits per heavy atom. The highest BCUT2D eigenvalue weighted by atomic mass is 32.2. The second-order valence-electron chi connectivity index (χ2n) is 7.73. The number of halogens is 1. The number of nitrogens with two attached hydrogens (primary N) is 1. The molecule has 4 N–H and O–H groups in total. The van der Waals surface area contributed by atoms with Gasteiger partial charge in [-0.05, 0) is 51.1 Å². The summed E-state index contributed by atoms with van der Waals surface area (Å²) in [4.78, 5) is 23.9. The van der Waals surface area contributed by atoms with E-state index < -0.39 is 0 Å². The van der Waals surface area contributed by atoms with E-state index >= 15 is 0 Å². The maximum absolute atomic E-state index is 12.4. The monoisotopic (exact) mass is 498 g/mol. The summed E-state index contributed by atoms with van der Waals surface area (Å²) < 4.78 is 14.3. The van der Waals surface area contributed by atoms with Gasteiger partial charge in [-0.3, -0.25) is 9.89 Å². The van der Waals surface area contributed by atoms with Crippen molar-refractivity contribution >= 4 is 34.5 Å². The molecule has 0 spiro atoms. The first-order chi connectivity index (χ1) is 17.0. The number of amides is 1. The van der Waals surface area contributed by atoms with Crippen molar-refractivity contribution in [3.8, 4) is 0 Å². The molecule has 0 unspecified atom stereocenters. The minimum Gasteiger partial charge on any atom is -0.354 e. The highest BCUT2D eigenvalue weighted by Crippen LogP contribution is 2.33. The van der Waals surface area contributed by atoms with Crippen LogP contribution < -0.4 is 16.0 Å². The molecule has 1 amide bonds. The molecule has 4 aromatic rings. The molecule has 5 rings (SSSR count). The Morgan fingerprint density at radius 2 is 1.83 bits per heavy atom. The molecule has 0 atom stereocenters. The van der Waals surface area contributed by atoms with Crippen LogP contribution in [0.15, 0.2) is 52.6 Å². The van der Waals surface area contributed by atoms with E-state index in [4.69, 9.17) is 0 Å². The van der Waals surface area contributed by atoms with E-state index in [2.05, 4.69) is 48.2 Å². The van der Waals surface area contributed by atoms with Crippen molar-refractivity contribution in [1.29, 1.82) is 0 Å². The summed E-state index contributed by atoms with van der Waals surface area (Å²) in [5.41, 5.74) is 7.27. The number of H-pyrrole nitrogens is 1. The van der Waals surface area contributed by atoms with Gasteiger partial charge in [0.15, 0.2) is 5.82 Å². The van der Waals surface area contributed by atoms with Gasteiger partial charge >= 0.3 is 0 Å². The lowest BCUT2D eigenvalue weighted by molar-refractivity contribution is 0.0955. The third-order valence-corrected chi connectivity index (χ3v) is 6.71. The normalized spacial score (nSPS) is 12.6. The van der Waals surface area contributed by atoms with Gasteiger partial charge in [-0.15, -0.1) is 0 Å². The number of carbonyl (C=O) groups excluding carboxylic acids is 1. The van der Waals surface area contributed by atoms with Crippen molar-refractivity contribution in [3.63, 3.8) is 0 Å². The van der Waals surface area contributed by atoms with Crippen LogP contribution >= 0.6 is 11.8 Å². The van der Waals surface area contributed by atoms with Crippen LogP contribution in [0.4, 0.5) is 10.3 Å². The third kappa shape index (κ3) is 6.37. The van der Waals surface area contributed by atoms with Gasteiger partial charge in [0.1, 0.15) is 5.69 Å². The lowest BCUT2D eigenvalue weighted by Gasteiger charge is -2.13. The maximum atomic E-state index is 12.4. The van der Waals surface area contributed by atoms with Gasteiger partial charge in [-0.1, -0.05) is 11.8 Å². The largest absolute Gasteiger partial charge is 0.354 e. The highest BCUT2D eigenvalue weighted by Gasteiger charge is 2.16. The Hall–Kier alpha value is -3.44. The van der Waals surface area contributed by atoms with E-state index in [1.54, 1.807) is 18.8 Å². The van der Waals surface area contributed by atoms with Crippen LogP contribution in [0, 0.1) is 12.7 Å². The molecule has 1 aliphatic rings. The number of benzene rings is 1. The van der Waals surface area contributed by atoms with Crippen molar-refractivity contribution in [3.05, 3.63) is 60.1 Å². The van der Waals surface area contributed by atoms with Gasteiger partial charge in [-0.2, -0.15) is 5.10 Å². The number of hydrogen-bond donors (Lipinski definition) is 3. The smallest absolute Gasteiger partial charge is 0.267 e. The molecule has 186 valence electrons. The molecule has 3 aromatic heterocycles. The van der Waals surface area contributed by atoms with E-state index in [0.29, 0.717) is 11.6 Å². The summed E-state index contributed by atoms with van der Waals surface area (Å²) in [5.74, 6) is 0.199. The average Bonchev–Trinajstić information content (AvgIpc) is 3.64. The zero-order chi connectivity index (χ0) is 25.4. The molecule has 1 saturated heterocycles. The number of nitrogens with zero attached hydrogens (tertiary/aromatic N) is 5. The molecular weight excluding hydrogens is 467 g/mol. The van der Waals surface area contributed by atoms with Gasteiger partial charge in [0, 0.05) is 48.1 Å². The first-order valence-corrected chi connectivity index (χ1v) is 12.1. The number of anilines is 1. The summed E-state index contributed by atoms with van der Waals surface area (Å²) in [6.07, 6.45) is 6.59. The maximum Gasteiger partial charge on any atom is 0.267 e. The Kier molecular flexibility index (Phi) is 9.21. The minimum atomic E-state index is -0.377. The lowest BCUT2D eigenvalue weighted by atomic mass is 10.3. The zero-order valence-electron chi connectivity index (χ0n) is 20.4. The third-order valence-electron chi connectivity index (χ3n) is 5.58. The van der Waals surface area contributed by atoms with Gasteiger partial charge in [0.25, 0.3) is 5.91 Å². The van der Waals surface area contributed by atoms with E-state index in [0.717, 1.165) is 39.5 Å². The van der Waals surface area contributed by atoms with E-state index in [-0.39, 0.29) is 11.7 Å². The molecule has 1 aromatic carbocycles. The van der Waals surface area contributed by atoms with Crippen LogP contribution in [0.3, 0.4) is 0 Å². The van der Waals surface area contributed by atoms with Crippen molar-refractivity contribution in [2.45, 2.75) is 29.6 Å². The number of rotatable bonds is 4. The average molecular weight is 499 g/mol. The van der Waals surface area contributed by atoms with Crippen LogP contribution in [0.2, 0.25) is 0 Å². The topological polar surface area (TPSA) is 118 Å². The molecule has 35 heavy (non-hydrogen) atoms. The van der Waals surface area contributed by atoms with Crippen molar-refractivity contribution in [2.24, 2.45) is 12.8 Å². The quantitative estimate of drug-likeness (QED) is 0.394. The van der Waals surface area contributed by atoms with Crippen molar-refractivity contribution in [2.75, 3.05) is 32.1 Å². The van der Waals surface area contributed by atoms with Gasteiger partial charge in [0.05, 0.1) is 24.1 Å². The molecular formula is C24H31FN8OS. The summed E-state index contributed by atoms with van der Waals surface area (Å²) in [6.45, 7) is 4.00. The Morgan fingerprint density at radius 1 is 1.14 bits per heavy atom. The van der Waals surface area contributed by atoms with E-state index in [1.807, 2.05) is 36.9 Å². The van der Waals surface area contributed by atoms with Crippen molar-refractivity contribution in [1.82, 2.24) is 30.0 Å². The fourth-order valence-corrected chi connectivity index (χ4v) is 4.65. The van der Waals surface area contributed by atoms with Gasteiger partial charge < -0.3 is 20.5 Å². The highest BCUT2D eigenvalue weighted by molar-refractivity contribution is 7.99. The Bertz CT molecular complexity index is 1250. The molecule has 11 heteroatoms. The molecule has 1 fully saturated rings. The molecule has 0 radical (unpaired) electrons. The second kappa shape index (κ2) is 12.3. The molecule has 4 heterocycles. The number of aromatic nitrogens is 5. The first-order valence-electron chi connectivity index (χ1n) is 11.3. The van der Waals surface area contributed by atoms with Crippen LogP contribution in [0.5, 0.6) is 0 Å². The van der Waals surface area contributed by atoms with E-state index in [1.165, 1.54) is 32.3 Å². The van der Waals surface area contributed by atoms with Crippen molar-refractivity contribution < 1.29 is 9.18 Å². The Labute approximate surface area is 208 Å². The molecule has 1 aliphatic heterocycles. The SMILES string of the molecule is CN.CNC(=O)c1cc(Sc2ccc3[nH]ncc3c2)c(C)n1C.Fc1cnc(N2CCCC2)nc1. The summed E-state index contributed by atoms with van der Waals surface area (Å²) in [5, 5.41) is 10.7. The van der Waals surface area contributed by atoms with Crippen LogP contribution in [-0.4, -0.2) is 57.8 Å². The Balaban J connectivity index is 0.000000207. The molecule has 0 saturated carbocycles. The van der Waals surface area contributed by atoms with Gasteiger partial charge in [0.2, 0.25) is 5.95 Å². The molecule has 0 aliphatic carbocycles. The van der Waals surface area contributed by atoms with Crippen LogP contribution in [0.25, 0.3) is 10.9 Å². The summed E-state index contributed by atoms with van der Waals surface area (Å²) in [6, 6.07) is 8.09. The van der Waals surface area contributed by atoms with Gasteiger partial charge in [-0.25, -0.2) is 14.4 Å². The first kappa shape index (κ1) is 26.2. The number of carbonyl (C=O) groups is 1. The molecule has 0 bridgehead atoms. The summed E-state index contributed by atoms with van der Waals surface area (Å²) >= 11 is 1.65. The predicted molar refractivity (Wildman–Crippen MR) is 137 cm³/mol. The second-order valence-corrected chi connectivity index (χ2v) is 8.85. The summed E-state index contributed by atoms with van der Waals surface area (Å²) in [7, 11) is 5.05.